The summed E-state index contributed by atoms with van der Waals surface area (Å²) in [6, 6.07) is 13.6. The Bertz CT molecular complexity index is 750. The van der Waals surface area contributed by atoms with Crippen LogP contribution in [-0.2, 0) is 9.47 Å². The lowest BCUT2D eigenvalue weighted by molar-refractivity contribution is -0.0948. The Morgan fingerprint density at radius 1 is 0.750 bits per heavy atom. The van der Waals surface area contributed by atoms with Crippen LogP contribution < -0.4 is 0 Å². The predicted molar refractivity (Wildman–Crippen MR) is 101 cm³/mol. The molecular weight excluding hydrogens is 364 g/mol. The Hall–Kier alpha value is -2.74. The first-order chi connectivity index (χ1) is 13.3. The van der Waals surface area contributed by atoms with Crippen LogP contribution in [0.15, 0.2) is 48.5 Å². The number of aliphatic hydroxyl groups is 3. The topological polar surface area (TPSA) is 113 Å². The van der Waals surface area contributed by atoms with Gasteiger partial charge in [-0.1, -0.05) is 36.4 Å². The molecule has 2 rings (SSSR count). The number of hydrogen-bond donors (Lipinski definition) is 3. The Kier molecular flexibility index (Phi) is 7.69. The number of aliphatic hydroxyl groups excluding tert-OH is 3. The summed E-state index contributed by atoms with van der Waals surface area (Å²) in [6.07, 6.45) is -4.74. The van der Waals surface area contributed by atoms with E-state index in [1.165, 1.54) is 0 Å². The smallest absolute Gasteiger partial charge is 0.338 e. The monoisotopic (exact) mass is 388 g/mol. The van der Waals surface area contributed by atoms with Gasteiger partial charge < -0.3 is 24.8 Å². The Labute approximate surface area is 163 Å². The van der Waals surface area contributed by atoms with E-state index in [9.17, 15) is 24.9 Å². The van der Waals surface area contributed by atoms with E-state index in [4.69, 9.17) is 9.47 Å². The summed E-state index contributed by atoms with van der Waals surface area (Å²) in [7, 11) is 0. The van der Waals surface area contributed by atoms with E-state index in [-0.39, 0.29) is 0 Å². The molecule has 0 aromatic heterocycles. The molecule has 0 unspecified atom stereocenters. The molecule has 3 N–H and O–H groups in total. The third-order valence-corrected chi connectivity index (χ3v) is 4.29. The lowest BCUT2D eigenvalue weighted by atomic mass is 10.1. The first kappa shape index (κ1) is 21.6. The highest BCUT2D eigenvalue weighted by atomic mass is 16.6. The first-order valence-corrected chi connectivity index (χ1v) is 8.81. The second-order valence-electron chi connectivity index (χ2n) is 6.45. The zero-order chi connectivity index (χ0) is 20.7. The maximum Gasteiger partial charge on any atom is 0.338 e. The molecule has 0 fully saturated rings. The van der Waals surface area contributed by atoms with Crippen LogP contribution in [0.5, 0.6) is 0 Å². The van der Waals surface area contributed by atoms with Gasteiger partial charge in [-0.15, -0.1) is 0 Å². The number of ether oxygens (including phenoxy) is 2. The molecule has 0 bridgehead atoms. The summed E-state index contributed by atoms with van der Waals surface area (Å²) >= 11 is 0. The van der Waals surface area contributed by atoms with Crippen molar-refractivity contribution in [3.05, 3.63) is 70.8 Å². The highest BCUT2D eigenvalue weighted by Gasteiger charge is 2.27. The SMILES string of the molecule is Cc1ccccc1C(=O)OC[C@@H](O)C(O)[C@H](O)COC(=O)c1ccccc1C. The van der Waals surface area contributed by atoms with Crippen LogP contribution in [-0.4, -0.2) is 58.8 Å². The summed E-state index contributed by atoms with van der Waals surface area (Å²) in [5.41, 5.74) is 2.12. The Morgan fingerprint density at radius 2 is 1.11 bits per heavy atom. The Morgan fingerprint density at radius 3 is 1.46 bits per heavy atom. The summed E-state index contributed by atoms with van der Waals surface area (Å²) in [4.78, 5) is 24.0. The van der Waals surface area contributed by atoms with Crippen molar-refractivity contribution in [2.45, 2.75) is 32.2 Å². The standard InChI is InChI=1S/C21H24O7/c1-13-7-3-5-9-15(13)20(25)27-11-17(22)19(24)18(23)12-28-21(26)16-10-6-4-8-14(16)2/h3-10,17-19,22-24H,11-12H2,1-2H3/t17-,18-/m1/s1. The van der Waals surface area contributed by atoms with E-state index in [0.717, 1.165) is 0 Å². The van der Waals surface area contributed by atoms with E-state index in [0.29, 0.717) is 22.3 Å². The normalized spacial score (nSPS) is 13.1. The number of aryl methyl sites for hydroxylation is 2. The predicted octanol–water partition coefficient (Wildman–Crippen LogP) is 1.40. The summed E-state index contributed by atoms with van der Waals surface area (Å²) in [5, 5.41) is 29.9. The van der Waals surface area contributed by atoms with Crippen LogP contribution in [0.1, 0.15) is 31.8 Å². The molecule has 0 radical (unpaired) electrons. The second kappa shape index (κ2) is 9.98. The number of benzene rings is 2. The van der Waals surface area contributed by atoms with Crippen LogP contribution in [0.2, 0.25) is 0 Å². The number of rotatable bonds is 8. The van der Waals surface area contributed by atoms with Gasteiger partial charge in [0.2, 0.25) is 0 Å². The van der Waals surface area contributed by atoms with Gasteiger partial charge in [-0.3, -0.25) is 0 Å². The minimum absolute atomic E-state index is 0.344. The third kappa shape index (κ3) is 5.63. The molecule has 0 aliphatic rings. The number of carbonyl (C=O) groups is 2. The van der Waals surface area contributed by atoms with E-state index >= 15 is 0 Å². The van der Waals surface area contributed by atoms with Crippen LogP contribution in [0.25, 0.3) is 0 Å². The van der Waals surface area contributed by atoms with Crippen LogP contribution in [0, 0.1) is 13.8 Å². The molecule has 2 atom stereocenters. The zero-order valence-electron chi connectivity index (χ0n) is 15.7. The average molecular weight is 388 g/mol. The molecule has 0 heterocycles. The average Bonchev–Trinajstić information content (AvgIpc) is 2.69. The molecule has 0 amide bonds. The molecule has 0 saturated carbocycles. The van der Waals surface area contributed by atoms with Crippen LogP contribution in [0.4, 0.5) is 0 Å². The Balaban J connectivity index is 1.82. The van der Waals surface area contributed by atoms with Crippen molar-refractivity contribution in [1.29, 1.82) is 0 Å². The molecule has 2 aromatic carbocycles. The van der Waals surface area contributed by atoms with Gasteiger partial charge in [0.15, 0.2) is 0 Å². The fourth-order valence-electron chi connectivity index (χ4n) is 2.54. The molecule has 2 aromatic rings. The van der Waals surface area contributed by atoms with Gasteiger partial charge in [-0.25, -0.2) is 9.59 Å². The highest BCUT2D eigenvalue weighted by Crippen LogP contribution is 2.11. The van der Waals surface area contributed by atoms with Gasteiger partial charge in [0.25, 0.3) is 0 Å². The molecule has 7 heteroatoms. The summed E-state index contributed by atoms with van der Waals surface area (Å²) in [6.45, 7) is 2.46. The van der Waals surface area contributed by atoms with E-state index in [1.807, 2.05) is 0 Å². The molecule has 0 aliphatic heterocycles. The van der Waals surface area contributed by atoms with Gasteiger partial charge in [0, 0.05) is 0 Å². The number of carbonyl (C=O) groups excluding carboxylic acids is 2. The molecule has 28 heavy (non-hydrogen) atoms. The quantitative estimate of drug-likeness (QED) is 0.586. The zero-order valence-corrected chi connectivity index (χ0v) is 15.7. The van der Waals surface area contributed by atoms with Crippen molar-refractivity contribution in [2.24, 2.45) is 0 Å². The molecule has 7 nitrogen and oxygen atoms in total. The van der Waals surface area contributed by atoms with Crippen molar-refractivity contribution < 1.29 is 34.4 Å². The van der Waals surface area contributed by atoms with E-state index in [2.05, 4.69) is 0 Å². The van der Waals surface area contributed by atoms with E-state index in [1.54, 1.807) is 62.4 Å². The minimum atomic E-state index is -1.66. The van der Waals surface area contributed by atoms with Crippen LogP contribution in [0.3, 0.4) is 0 Å². The fraction of sp³-hybridized carbons (Fsp3) is 0.333. The molecule has 150 valence electrons. The van der Waals surface area contributed by atoms with Crippen molar-refractivity contribution >= 4 is 11.9 Å². The maximum absolute atomic E-state index is 12.0. The first-order valence-electron chi connectivity index (χ1n) is 8.81. The minimum Gasteiger partial charge on any atom is -0.459 e. The molecule has 0 spiro atoms. The lowest BCUT2D eigenvalue weighted by Crippen LogP contribution is -2.43. The van der Waals surface area contributed by atoms with Gasteiger partial charge in [0.1, 0.15) is 31.5 Å². The van der Waals surface area contributed by atoms with E-state index < -0.39 is 43.5 Å². The highest BCUT2D eigenvalue weighted by molar-refractivity contribution is 5.91. The molecular formula is C21H24O7. The maximum atomic E-state index is 12.0. The third-order valence-electron chi connectivity index (χ3n) is 4.29. The summed E-state index contributed by atoms with van der Waals surface area (Å²) < 4.78 is 9.97. The lowest BCUT2D eigenvalue weighted by Gasteiger charge is -2.22. The fourth-order valence-corrected chi connectivity index (χ4v) is 2.54. The van der Waals surface area contributed by atoms with Gasteiger partial charge in [-0.05, 0) is 37.1 Å². The van der Waals surface area contributed by atoms with Gasteiger partial charge >= 0.3 is 11.9 Å². The largest absolute Gasteiger partial charge is 0.459 e. The van der Waals surface area contributed by atoms with Crippen molar-refractivity contribution in [2.75, 3.05) is 13.2 Å². The van der Waals surface area contributed by atoms with Crippen molar-refractivity contribution in [1.82, 2.24) is 0 Å². The molecule has 0 saturated heterocycles. The number of hydrogen-bond acceptors (Lipinski definition) is 7. The van der Waals surface area contributed by atoms with Crippen molar-refractivity contribution in [3.63, 3.8) is 0 Å². The number of esters is 2. The van der Waals surface area contributed by atoms with Crippen molar-refractivity contribution in [3.8, 4) is 0 Å². The summed E-state index contributed by atoms with van der Waals surface area (Å²) in [5.74, 6) is -1.30. The van der Waals surface area contributed by atoms with Gasteiger partial charge in [-0.2, -0.15) is 0 Å². The van der Waals surface area contributed by atoms with Gasteiger partial charge in [0.05, 0.1) is 11.1 Å². The van der Waals surface area contributed by atoms with Crippen LogP contribution >= 0.6 is 0 Å². The molecule has 0 aliphatic carbocycles. The second-order valence-corrected chi connectivity index (χ2v) is 6.45.